The molecule has 0 radical (unpaired) electrons. The minimum atomic E-state index is -2.98. The number of carbonyl (C=O) groups is 1. The predicted octanol–water partition coefficient (Wildman–Crippen LogP) is -0.428. The van der Waals surface area contributed by atoms with E-state index in [-0.39, 0.29) is 29.4 Å². The van der Waals surface area contributed by atoms with Crippen LogP contribution in [0.1, 0.15) is 13.3 Å². The van der Waals surface area contributed by atoms with Crippen molar-refractivity contribution in [2.75, 3.05) is 25.2 Å². The summed E-state index contributed by atoms with van der Waals surface area (Å²) in [5.74, 6) is -0.447. The lowest BCUT2D eigenvalue weighted by molar-refractivity contribution is -0.125. The van der Waals surface area contributed by atoms with Crippen LogP contribution in [-0.2, 0) is 19.4 Å². The molecule has 1 fully saturated rings. The van der Waals surface area contributed by atoms with E-state index in [1.807, 2.05) is 6.92 Å². The van der Waals surface area contributed by atoms with Gasteiger partial charge < -0.3 is 10.1 Å². The van der Waals surface area contributed by atoms with Gasteiger partial charge in [0, 0.05) is 13.2 Å². The molecule has 0 unspecified atom stereocenters. The van der Waals surface area contributed by atoms with Gasteiger partial charge in [-0.1, -0.05) is 0 Å². The maximum absolute atomic E-state index is 11.6. The normalized spacial score (nSPS) is 26.1. The Morgan fingerprint density at radius 2 is 2.27 bits per heavy atom. The van der Waals surface area contributed by atoms with E-state index in [0.717, 1.165) is 0 Å². The van der Waals surface area contributed by atoms with E-state index < -0.39 is 9.84 Å². The van der Waals surface area contributed by atoms with Crippen molar-refractivity contribution in [1.82, 2.24) is 5.32 Å². The Kier molecular flexibility index (Phi) is 4.10. The topological polar surface area (TPSA) is 72.5 Å². The molecule has 0 aliphatic carbocycles. The monoisotopic (exact) mass is 235 g/mol. The van der Waals surface area contributed by atoms with Crippen LogP contribution in [0, 0.1) is 5.92 Å². The molecule has 6 heteroatoms. The SMILES string of the molecule is COC[C@H](C)NC(=O)[C@@H]1CCS(=O)(=O)C1. The predicted molar refractivity (Wildman–Crippen MR) is 56.2 cm³/mol. The van der Waals surface area contributed by atoms with Crippen molar-refractivity contribution >= 4 is 15.7 Å². The third kappa shape index (κ3) is 3.79. The van der Waals surface area contributed by atoms with Crippen LogP contribution in [0.15, 0.2) is 0 Å². The van der Waals surface area contributed by atoms with Gasteiger partial charge in [0.2, 0.25) is 5.91 Å². The van der Waals surface area contributed by atoms with Crippen molar-refractivity contribution in [2.45, 2.75) is 19.4 Å². The van der Waals surface area contributed by atoms with Crippen LogP contribution in [0.4, 0.5) is 0 Å². The molecule has 1 amide bonds. The summed E-state index contributed by atoms with van der Waals surface area (Å²) in [4.78, 5) is 11.6. The number of rotatable bonds is 4. The average Bonchev–Trinajstić information content (AvgIpc) is 2.46. The zero-order chi connectivity index (χ0) is 11.5. The molecule has 0 saturated carbocycles. The summed E-state index contributed by atoms with van der Waals surface area (Å²) in [5, 5.41) is 2.73. The summed E-state index contributed by atoms with van der Waals surface area (Å²) in [7, 11) is -1.42. The highest BCUT2D eigenvalue weighted by atomic mass is 32.2. The van der Waals surface area contributed by atoms with E-state index in [1.54, 1.807) is 7.11 Å². The third-order valence-electron chi connectivity index (χ3n) is 2.41. The van der Waals surface area contributed by atoms with E-state index in [0.29, 0.717) is 13.0 Å². The Hall–Kier alpha value is -0.620. The maximum Gasteiger partial charge on any atom is 0.224 e. The van der Waals surface area contributed by atoms with E-state index in [2.05, 4.69) is 5.32 Å². The fourth-order valence-corrected chi connectivity index (χ4v) is 3.40. The highest BCUT2D eigenvalue weighted by molar-refractivity contribution is 7.91. The molecule has 0 aromatic carbocycles. The van der Waals surface area contributed by atoms with Crippen molar-refractivity contribution in [1.29, 1.82) is 0 Å². The average molecular weight is 235 g/mol. The van der Waals surface area contributed by atoms with Gasteiger partial charge in [0.05, 0.1) is 24.0 Å². The van der Waals surface area contributed by atoms with Crippen LogP contribution in [0.25, 0.3) is 0 Å². The van der Waals surface area contributed by atoms with Crippen molar-refractivity contribution < 1.29 is 17.9 Å². The van der Waals surface area contributed by atoms with Gasteiger partial charge in [-0.15, -0.1) is 0 Å². The first-order valence-electron chi connectivity index (χ1n) is 4.94. The lowest BCUT2D eigenvalue weighted by Crippen LogP contribution is -2.39. The van der Waals surface area contributed by atoms with Crippen molar-refractivity contribution in [2.24, 2.45) is 5.92 Å². The van der Waals surface area contributed by atoms with E-state index >= 15 is 0 Å². The van der Waals surface area contributed by atoms with Crippen molar-refractivity contribution in [3.05, 3.63) is 0 Å². The number of nitrogens with one attached hydrogen (secondary N) is 1. The molecule has 88 valence electrons. The second-order valence-corrected chi connectivity index (χ2v) is 6.19. The van der Waals surface area contributed by atoms with Crippen LogP contribution < -0.4 is 5.32 Å². The number of methoxy groups -OCH3 is 1. The van der Waals surface area contributed by atoms with Gasteiger partial charge in [0.15, 0.2) is 9.84 Å². The molecule has 0 bridgehead atoms. The van der Waals surface area contributed by atoms with Gasteiger partial charge >= 0.3 is 0 Å². The van der Waals surface area contributed by atoms with E-state index in [9.17, 15) is 13.2 Å². The van der Waals surface area contributed by atoms with Gasteiger partial charge in [0.25, 0.3) is 0 Å². The minimum Gasteiger partial charge on any atom is -0.383 e. The number of amides is 1. The second-order valence-electron chi connectivity index (χ2n) is 3.96. The molecule has 1 aliphatic heterocycles. The van der Waals surface area contributed by atoms with Gasteiger partial charge in [-0.2, -0.15) is 0 Å². The second kappa shape index (κ2) is 4.94. The minimum absolute atomic E-state index is 0.0153. The smallest absolute Gasteiger partial charge is 0.224 e. The van der Waals surface area contributed by atoms with Crippen LogP contribution in [0.5, 0.6) is 0 Å². The molecule has 1 saturated heterocycles. The van der Waals surface area contributed by atoms with Crippen LogP contribution >= 0.6 is 0 Å². The molecule has 0 aromatic heterocycles. The third-order valence-corrected chi connectivity index (χ3v) is 4.18. The fourth-order valence-electron chi connectivity index (χ4n) is 1.65. The summed E-state index contributed by atoms with van der Waals surface area (Å²) in [6.07, 6.45) is 0.438. The molecule has 2 atom stereocenters. The standard InChI is InChI=1S/C9H17NO4S/c1-7(5-14-2)10-9(11)8-3-4-15(12,13)6-8/h7-8H,3-6H2,1-2H3,(H,10,11)/t7-,8+/m0/s1. The number of hydrogen-bond acceptors (Lipinski definition) is 4. The molecule has 5 nitrogen and oxygen atoms in total. The van der Waals surface area contributed by atoms with Gasteiger partial charge in [-0.25, -0.2) is 8.42 Å². The Morgan fingerprint density at radius 3 is 2.73 bits per heavy atom. The number of hydrogen-bond donors (Lipinski definition) is 1. The molecular weight excluding hydrogens is 218 g/mol. The molecule has 0 aromatic rings. The van der Waals surface area contributed by atoms with E-state index in [1.165, 1.54) is 0 Å². The fraction of sp³-hybridized carbons (Fsp3) is 0.889. The first kappa shape index (κ1) is 12.4. The Bertz CT molecular complexity index is 325. The lowest BCUT2D eigenvalue weighted by atomic mass is 10.1. The van der Waals surface area contributed by atoms with Gasteiger partial charge in [0.1, 0.15) is 0 Å². The largest absolute Gasteiger partial charge is 0.383 e. The number of carbonyl (C=O) groups excluding carboxylic acids is 1. The Balaban J connectivity index is 2.42. The van der Waals surface area contributed by atoms with Gasteiger partial charge in [-0.3, -0.25) is 4.79 Å². The summed E-state index contributed by atoms with van der Waals surface area (Å²) in [6.45, 7) is 2.26. The first-order chi connectivity index (χ1) is 6.94. The molecule has 0 spiro atoms. The van der Waals surface area contributed by atoms with Crippen molar-refractivity contribution in [3.8, 4) is 0 Å². The number of sulfone groups is 1. The van der Waals surface area contributed by atoms with E-state index in [4.69, 9.17) is 4.74 Å². The summed E-state index contributed by atoms with van der Waals surface area (Å²) in [6, 6.07) is -0.0780. The number of ether oxygens (including phenoxy) is 1. The van der Waals surface area contributed by atoms with Crippen molar-refractivity contribution in [3.63, 3.8) is 0 Å². The highest BCUT2D eigenvalue weighted by Crippen LogP contribution is 2.18. The summed E-state index contributed by atoms with van der Waals surface area (Å²) in [5.41, 5.74) is 0. The summed E-state index contributed by atoms with van der Waals surface area (Å²) < 4.78 is 27.2. The van der Waals surface area contributed by atoms with Crippen LogP contribution in [0.3, 0.4) is 0 Å². The first-order valence-corrected chi connectivity index (χ1v) is 6.76. The lowest BCUT2D eigenvalue weighted by Gasteiger charge is -2.15. The maximum atomic E-state index is 11.6. The van der Waals surface area contributed by atoms with Gasteiger partial charge in [-0.05, 0) is 13.3 Å². The zero-order valence-corrected chi connectivity index (χ0v) is 9.84. The highest BCUT2D eigenvalue weighted by Gasteiger charge is 2.33. The quantitative estimate of drug-likeness (QED) is 0.718. The zero-order valence-electron chi connectivity index (χ0n) is 9.02. The molecule has 1 N–H and O–H groups in total. The van der Waals surface area contributed by atoms with Crippen LogP contribution in [0.2, 0.25) is 0 Å². The molecule has 1 rings (SSSR count). The molecule has 15 heavy (non-hydrogen) atoms. The molecule has 1 aliphatic rings. The molecule has 1 heterocycles. The Labute approximate surface area is 90.1 Å². The Morgan fingerprint density at radius 1 is 1.60 bits per heavy atom. The molecular formula is C9H17NO4S. The summed E-state index contributed by atoms with van der Waals surface area (Å²) >= 11 is 0. The van der Waals surface area contributed by atoms with Crippen LogP contribution in [-0.4, -0.2) is 45.6 Å².